The molecule has 108 valence electrons. The lowest BCUT2D eigenvalue weighted by Crippen LogP contribution is -2.34. The van der Waals surface area contributed by atoms with Crippen molar-refractivity contribution < 1.29 is 4.79 Å². The number of anilines is 1. The van der Waals surface area contributed by atoms with Gasteiger partial charge in [0.2, 0.25) is 0 Å². The van der Waals surface area contributed by atoms with Gasteiger partial charge >= 0.3 is 0 Å². The van der Waals surface area contributed by atoms with Crippen molar-refractivity contribution in [1.29, 1.82) is 0 Å². The Bertz CT molecular complexity index is 762. The topological polar surface area (TPSA) is 66.1 Å². The minimum absolute atomic E-state index is 0.207. The molecule has 5 nitrogen and oxygen atoms in total. The molecule has 6 heteroatoms. The normalized spacial score (nSPS) is 15.9. The molecule has 21 heavy (non-hydrogen) atoms. The molecule has 1 aromatic carbocycles. The molecule has 1 N–H and O–H groups in total. The van der Waals surface area contributed by atoms with E-state index in [0.29, 0.717) is 11.6 Å². The predicted molar refractivity (Wildman–Crippen MR) is 81.0 cm³/mol. The SMILES string of the molecule is CC1(C)CN(C(=O)c2ccc(=O)[nH]n2)c2cccc(Cl)c21. The van der Waals surface area contributed by atoms with Crippen molar-refractivity contribution in [2.75, 3.05) is 11.4 Å². The zero-order valence-electron chi connectivity index (χ0n) is 11.7. The number of hydrogen-bond acceptors (Lipinski definition) is 3. The van der Waals surface area contributed by atoms with Gasteiger partial charge in [-0.05, 0) is 18.2 Å². The number of carbonyl (C=O) groups is 1. The number of aromatic amines is 1. The van der Waals surface area contributed by atoms with E-state index in [-0.39, 0.29) is 22.6 Å². The van der Waals surface area contributed by atoms with Gasteiger partial charge in [0.15, 0.2) is 0 Å². The first-order valence-electron chi connectivity index (χ1n) is 6.57. The fourth-order valence-corrected chi connectivity index (χ4v) is 3.18. The average molecular weight is 304 g/mol. The predicted octanol–water partition coefficient (Wildman–Crippen LogP) is 2.36. The summed E-state index contributed by atoms with van der Waals surface area (Å²) in [7, 11) is 0. The third-order valence-corrected chi connectivity index (χ3v) is 3.97. The molecule has 0 bridgehead atoms. The highest BCUT2D eigenvalue weighted by Crippen LogP contribution is 2.44. The Labute approximate surface area is 126 Å². The standard InChI is InChI=1S/C15H14ClN3O2/c1-15(2)8-19(11-5-3-4-9(16)13(11)15)14(21)10-6-7-12(20)18-17-10/h3-7H,8H2,1-2H3,(H,18,20). The number of H-pyrrole nitrogens is 1. The maximum atomic E-state index is 12.6. The summed E-state index contributed by atoms with van der Waals surface area (Å²) in [4.78, 5) is 25.3. The van der Waals surface area contributed by atoms with Crippen LogP contribution in [0.3, 0.4) is 0 Å². The Morgan fingerprint density at radius 1 is 1.33 bits per heavy atom. The van der Waals surface area contributed by atoms with Gasteiger partial charge in [0.25, 0.3) is 11.5 Å². The van der Waals surface area contributed by atoms with E-state index < -0.39 is 0 Å². The number of aromatic nitrogens is 2. The number of fused-ring (bicyclic) bond motifs is 1. The summed E-state index contributed by atoms with van der Waals surface area (Å²) in [6, 6.07) is 8.24. The molecular formula is C15H14ClN3O2. The van der Waals surface area contributed by atoms with E-state index in [1.807, 2.05) is 32.0 Å². The Balaban J connectivity index is 2.06. The van der Waals surface area contributed by atoms with Gasteiger partial charge in [0, 0.05) is 34.3 Å². The van der Waals surface area contributed by atoms with Gasteiger partial charge < -0.3 is 4.90 Å². The summed E-state index contributed by atoms with van der Waals surface area (Å²) < 4.78 is 0. The molecule has 0 aliphatic carbocycles. The highest BCUT2D eigenvalue weighted by molar-refractivity contribution is 6.32. The van der Waals surface area contributed by atoms with Gasteiger partial charge in [-0.3, -0.25) is 9.59 Å². The molecule has 0 fully saturated rings. The molecule has 0 unspecified atom stereocenters. The van der Waals surface area contributed by atoms with Crippen molar-refractivity contribution in [3.05, 3.63) is 57.0 Å². The second-order valence-electron chi connectivity index (χ2n) is 5.72. The van der Waals surface area contributed by atoms with Gasteiger partial charge in [-0.1, -0.05) is 31.5 Å². The third kappa shape index (κ3) is 2.23. The van der Waals surface area contributed by atoms with Crippen LogP contribution in [-0.2, 0) is 5.41 Å². The smallest absolute Gasteiger partial charge is 0.278 e. The van der Waals surface area contributed by atoms with Crippen molar-refractivity contribution in [1.82, 2.24) is 10.2 Å². The fourth-order valence-electron chi connectivity index (χ4n) is 2.75. The van der Waals surface area contributed by atoms with E-state index in [1.54, 1.807) is 4.90 Å². The van der Waals surface area contributed by atoms with E-state index >= 15 is 0 Å². The molecule has 3 rings (SSSR count). The molecular weight excluding hydrogens is 290 g/mol. The number of nitrogens with one attached hydrogen (secondary N) is 1. The number of benzene rings is 1. The van der Waals surface area contributed by atoms with E-state index in [4.69, 9.17) is 11.6 Å². The number of halogens is 1. The Morgan fingerprint density at radius 3 is 2.76 bits per heavy atom. The highest BCUT2D eigenvalue weighted by Gasteiger charge is 2.40. The van der Waals surface area contributed by atoms with E-state index in [9.17, 15) is 9.59 Å². The zero-order valence-corrected chi connectivity index (χ0v) is 12.4. The molecule has 2 aromatic rings. The van der Waals surface area contributed by atoms with Crippen LogP contribution in [0.1, 0.15) is 29.9 Å². The first-order chi connectivity index (χ1) is 9.90. The maximum Gasteiger partial charge on any atom is 0.278 e. The number of rotatable bonds is 1. The Kier molecular flexibility index (Phi) is 3.10. The van der Waals surface area contributed by atoms with Gasteiger partial charge in [-0.25, -0.2) is 5.10 Å². The molecule has 0 saturated carbocycles. The summed E-state index contributed by atoms with van der Waals surface area (Å²) in [5, 5.41) is 6.74. The second kappa shape index (κ2) is 4.70. The van der Waals surface area contributed by atoms with Gasteiger partial charge in [0.05, 0.1) is 0 Å². The molecule has 0 atom stereocenters. The zero-order chi connectivity index (χ0) is 15.2. The molecule has 1 aromatic heterocycles. The molecule has 2 heterocycles. The van der Waals surface area contributed by atoms with Crippen LogP contribution in [0.2, 0.25) is 5.02 Å². The summed E-state index contributed by atoms with van der Waals surface area (Å²) in [5.74, 6) is -0.250. The lowest BCUT2D eigenvalue weighted by atomic mass is 9.87. The summed E-state index contributed by atoms with van der Waals surface area (Å²) in [5.41, 5.74) is 1.40. The maximum absolute atomic E-state index is 12.6. The fraction of sp³-hybridized carbons (Fsp3) is 0.267. The van der Waals surface area contributed by atoms with E-state index in [1.165, 1.54) is 12.1 Å². The van der Waals surface area contributed by atoms with Crippen LogP contribution in [0.5, 0.6) is 0 Å². The Morgan fingerprint density at radius 2 is 2.10 bits per heavy atom. The second-order valence-corrected chi connectivity index (χ2v) is 6.12. The molecule has 1 aliphatic rings. The van der Waals surface area contributed by atoms with E-state index in [2.05, 4.69) is 10.2 Å². The monoisotopic (exact) mass is 303 g/mol. The highest BCUT2D eigenvalue weighted by atomic mass is 35.5. The van der Waals surface area contributed by atoms with Crippen molar-refractivity contribution in [3.63, 3.8) is 0 Å². The van der Waals surface area contributed by atoms with Gasteiger partial charge in [0.1, 0.15) is 5.69 Å². The van der Waals surface area contributed by atoms with Crippen LogP contribution < -0.4 is 10.5 Å². The van der Waals surface area contributed by atoms with Crippen molar-refractivity contribution in [2.24, 2.45) is 0 Å². The lowest BCUT2D eigenvalue weighted by Gasteiger charge is -2.20. The summed E-state index contributed by atoms with van der Waals surface area (Å²) in [6.07, 6.45) is 0. The molecule has 0 radical (unpaired) electrons. The molecule has 0 saturated heterocycles. The quantitative estimate of drug-likeness (QED) is 0.879. The van der Waals surface area contributed by atoms with Gasteiger partial charge in [-0.2, -0.15) is 5.10 Å². The first-order valence-corrected chi connectivity index (χ1v) is 6.94. The molecule has 1 aliphatic heterocycles. The largest absolute Gasteiger partial charge is 0.306 e. The summed E-state index contributed by atoms with van der Waals surface area (Å²) >= 11 is 6.29. The average Bonchev–Trinajstić information content (AvgIpc) is 2.72. The third-order valence-electron chi connectivity index (χ3n) is 3.66. The van der Waals surface area contributed by atoms with Crippen LogP contribution >= 0.6 is 11.6 Å². The summed E-state index contributed by atoms with van der Waals surface area (Å²) in [6.45, 7) is 4.61. The number of amides is 1. The van der Waals surface area contributed by atoms with Crippen LogP contribution in [-0.4, -0.2) is 22.6 Å². The number of hydrogen-bond donors (Lipinski definition) is 1. The van der Waals surface area contributed by atoms with Crippen LogP contribution in [0, 0.1) is 0 Å². The van der Waals surface area contributed by atoms with E-state index in [0.717, 1.165) is 11.3 Å². The minimum Gasteiger partial charge on any atom is -0.306 e. The van der Waals surface area contributed by atoms with Gasteiger partial charge in [-0.15, -0.1) is 0 Å². The van der Waals surface area contributed by atoms with Crippen LogP contribution in [0.4, 0.5) is 5.69 Å². The minimum atomic E-state index is -0.336. The van der Waals surface area contributed by atoms with Crippen molar-refractivity contribution in [2.45, 2.75) is 19.3 Å². The van der Waals surface area contributed by atoms with Crippen molar-refractivity contribution >= 4 is 23.2 Å². The van der Waals surface area contributed by atoms with Crippen molar-refractivity contribution in [3.8, 4) is 0 Å². The van der Waals surface area contributed by atoms with Crippen LogP contribution in [0.15, 0.2) is 35.1 Å². The number of nitrogens with zero attached hydrogens (tertiary/aromatic N) is 2. The molecule has 0 spiro atoms. The molecule has 1 amide bonds. The first kappa shape index (κ1) is 13.8. The van der Waals surface area contributed by atoms with Crippen LogP contribution in [0.25, 0.3) is 0 Å². The lowest BCUT2D eigenvalue weighted by molar-refractivity contribution is 0.0980. The Hall–Kier alpha value is -2.14. The number of carbonyl (C=O) groups excluding carboxylic acids is 1.